The van der Waals surface area contributed by atoms with E-state index in [1.807, 2.05) is 11.4 Å². The molecule has 0 amide bonds. The highest BCUT2D eigenvalue weighted by Crippen LogP contribution is 2.31. The molecule has 2 nitrogen and oxygen atoms in total. The van der Waals surface area contributed by atoms with Gasteiger partial charge in [-0.1, -0.05) is 38.5 Å². The van der Waals surface area contributed by atoms with Crippen LogP contribution in [0.25, 0.3) is 0 Å². The molecular weight excluding hydrogens is 232 g/mol. The fourth-order valence-corrected chi connectivity index (χ4v) is 3.39. The Morgan fingerprint density at radius 3 is 2.71 bits per heavy atom. The summed E-state index contributed by atoms with van der Waals surface area (Å²) in [6.45, 7) is 0. The van der Waals surface area contributed by atoms with E-state index >= 15 is 0 Å². The summed E-state index contributed by atoms with van der Waals surface area (Å²) in [6.07, 6.45) is 8.41. The number of Topliss-reactive ketones (excluding diaryl/α,β-unsaturated/α-hetero) is 1. The first-order valence-electron chi connectivity index (χ1n) is 6.46. The minimum absolute atomic E-state index is 0.267. The molecule has 0 N–H and O–H groups in total. The number of ketones is 1. The lowest BCUT2D eigenvalue weighted by Gasteiger charge is -2.12. The molecule has 1 saturated carbocycles. The molecule has 2 rings (SSSR count). The average Bonchev–Trinajstić information content (AvgIpc) is 2.68. The van der Waals surface area contributed by atoms with Gasteiger partial charge in [0.2, 0.25) is 0 Å². The van der Waals surface area contributed by atoms with E-state index < -0.39 is 0 Å². The summed E-state index contributed by atoms with van der Waals surface area (Å²) in [4.78, 5) is 13.0. The van der Waals surface area contributed by atoms with Gasteiger partial charge in [-0.15, -0.1) is 11.3 Å². The molecule has 0 unspecified atom stereocenters. The third kappa shape index (κ3) is 3.32. The molecule has 3 heteroatoms. The Morgan fingerprint density at radius 1 is 1.35 bits per heavy atom. The van der Waals surface area contributed by atoms with Gasteiger partial charge in [0.1, 0.15) is 10.6 Å². The van der Waals surface area contributed by atoms with Crippen LogP contribution < -0.4 is 4.74 Å². The van der Waals surface area contributed by atoms with Crippen LogP contribution in [0.5, 0.6) is 5.75 Å². The van der Waals surface area contributed by atoms with E-state index in [1.54, 1.807) is 7.11 Å². The normalized spacial score (nSPS) is 17.7. The van der Waals surface area contributed by atoms with Gasteiger partial charge in [-0.3, -0.25) is 4.79 Å². The van der Waals surface area contributed by atoms with Crippen LogP contribution in [-0.4, -0.2) is 12.9 Å². The van der Waals surface area contributed by atoms with Gasteiger partial charge in [-0.25, -0.2) is 0 Å². The van der Waals surface area contributed by atoms with Gasteiger partial charge >= 0.3 is 0 Å². The Bertz CT molecular complexity index is 362. The molecule has 0 bridgehead atoms. The highest BCUT2D eigenvalue weighted by atomic mass is 32.1. The highest BCUT2D eigenvalue weighted by Gasteiger charge is 2.20. The Labute approximate surface area is 107 Å². The largest absolute Gasteiger partial charge is 0.495 e. The van der Waals surface area contributed by atoms with Gasteiger partial charge in [0.15, 0.2) is 5.78 Å². The second kappa shape index (κ2) is 6.20. The summed E-state index contributed by atoms with van der Waals surface area (Å²) in [6, 6.07) is 1.88. The van der Waals surface area contributed by atoms with Crippen molar-refractivity contribution in [1.82, 2.24) is 0 Å². The van der Waals surface area contributed by atoms with Crippen LogP contribution in [0, 0.1) is 5.92 Å². The Kier molecular flexibility index (Phi) is 4.60. The molecule has 1 aliphatic rings. The molecule has 0 spiro atoms. The van der Waals surface area contributed by atoms with Gasteiger partial charge in [-0.05, 0) is 17.4 Å². The molecule has 1 aromatic heterocycles. The number of methoxy groups -OCH3 is 1. The second-order valence-corrected chi connectivity index (χ2v) is 5.72. The van der Waals surface area contributed by atoms with Crippen LogP contribution in [0.1, 0.15) is 54.6 Å². The van der Waals surface area contributed by atoms with Crippen LogP contribution >= 0.6 is 11.3 Å². The van der Waals surface area contributed by atoms with Crippen molar-refractivity contribution in [1.29, 1.82) is 0 Å². The molecule has 1 fully saturated rings. The van der Waals surface area contributed by atoms with Crippen LogP contribution in [0.3, 0.4) is 0 Å². The maximum atomic E-state index is 12.2. The molecule has 17 heavy (non-hydrogen) atoms. The molecule has 0 atom stereocenters. The number of hydrogen-bond acceptors (Lipinski definition) is 3. The maximum Gasteiger partial charge on any atom is 0.176 e. The lowest BCUT2D eigenvalue weighted by atomic mass is 9.94. The predicted octanol–water partition coefficient (Wildman–Crippen LogP) is 4.30. The fourth-order valence-electron chi connectivity index (χ4n) is 2.58. The van der Waals surface area contributed by atoms with E-state index in [9.17, 15) is 4.79 Å². The van der Waals surface area contributed by atoms with Crippen molar-refractivity contribution in [2.24, 2.45) is 5.92 Å². The first kappa shape index (κ1) is 12.6. The van der Waals surface area contributed by atoms with Crippen LogP contribution in [0.15, 0.2) is 11.4 Å². The van der Waals surface area contributed by atoms with Crippen molar-refractivity contribution in [3.8, 4) is 5.75 Å². The summed E-state index contributed by atoms with van der Waals surface area (Å²) in [5.74, 6) is 1.61. The molecule has 1 aromatic rings. The van der Waals surface area contributed by atoms with E-state index in [0.29, 0.717) is 12.3 Å². The Hall–Kier alpha value is -0.830. The first-order valence-corrected chi connectivity index (χ1v) is 7.34. The first-order chi connectivity index (χ1) is 8.31. The number of rotatable bonds is 4. The van der Waals surface area contributed by atoms with Crippen molar-refractivity contribution in [3.05, 3.63) is 16.3 Å². The number of hydrogen-bond donors (Lipinski definition) is 0. The van der Waals surface area contributed by atoms with Crippen LogP contribution in [0.2, 0.25) is 0 Å². The zero-order valence-electron chi connectivity index (χ0n) is 10.4. The topological polar surface area (TPSA) is 26.3 Å². The summed E-state index contributed by atoms with van der Waals surface area (Å²) >= 11 is 1.50. The molecule has 0 saturated heterocycles. The predicted molar refractivity (Wildman–Crippen MR) is 71.0 cm³/mol. The zero-order chi connectivity index (χ0) is 12.1. The van der Waals surface area contributed by atoms with Gasteiger partial charge in [0.05, 0.1) is 7.11 Å². The number of thiophene rings is 1. The number of ether oxygens (including phenoxy) is 1. The van der Waals surface area contributed by atoms with Gasteiger partial charge in [0.25, 0.3) is 0 Å². The van der Waals surface area contributed by atoms with Gasteiger partial charge in [0, 0.05) is 6.42 Å². The SMILES string of the molecule is COc1ccsc1C(=O)CC1CCCCCC1. The monoisotopic (exact) mass is 252 g/mol. The summed E-state index contributed by atoms with van der Waals surface area (Å²) < 4.78 is 5.21. The third-order valence-electron chi connectivity index (χ3n) is 3.55. The van der Waals surface area contributed by atoms with E-state index in [2.05, 4.69) is 0 Å². The van der Waals surface area contributed by atoms with Crippen molar-refractivity contribution in [3.63, 3.8) is 0 Å². The molecule has 0 radical (unpaired) electrons. The molecule has 1 aliphatic carbocycles. The average molecular weight is 252 g/mol. The van der Waals surface area contributed by atoms with Crippen LogP contribution in [-0.2, 0) is 0 Å². The lowest BCUT2D eigenvalue weighted by Crippen LogP contribution is -2.08. The zero-order valence-corrected chi connectivity index (χ0v) is 11.2. The standard InChI is InChI=1S/C14H20O2S/c1-16-13-8-9-17-14(13)12(15)10-11-6-4-2-3-5-7-11/h8-9,11H,2-7,10H2,1H3. The van der Waals surface area contributed by atoms with Crippen molar-refractivity contribution < 1.29 is 9.53 Å². The molecule has 0 aliphatic heterocycles. The minimum atomic E-state index is 0.267. The third-order valence-corrected chi connectivity index (χ3v) is 4.49. The maximum absolute atomic E-state index is 12.2. The number of carbonyl (C=O) groups is 1. The molecule has 1 heterocycles. The summed E-state index contributed by atoms with van der Waals surface area (Å²) in [5, 5.41) is 1.93. The van der Waals surface area contributed by atoms with E-state index in [4.69, 9.17) is 4.74 Å². The Morgan fingerprint density at radius 2 is 2.06 bits per heavy atom. The minimum Gasteiger partial charge on any atom is -0.495 e. The van der Waals surface area contributed by atoms with E-state index in [0.717, 1.165) is 10.6 Å². The highest BCUT2D eigenvalue weighted by molar-refractivity contribution is 7.12. The fraction of sp³-hybridized carbons (Fsp3) is 0.643. The van der Waals surface area contributed by atoms with Gasteiger partial charge in [-0.2, -0.15) is 0 Å². The summed E-state index contributed by atoms with van der Waals surface area (Å²) in [5.41, 5.74) is 0. The second-order valence-electron chi connectivity index (χ2n) is 4.80. The van der Waals surface area contributed by atoms with E-state index in [-0.39, 0.29) is 5.78 Å². The summed E-state index contributed by atoms with van der Waals surface area (Å²) in [7, 11) is 1.63. The number of carbonyl (C=O) groups excluding carboxylic acids is 1. The Balaban J connectivity index is 1.96. The van der Waals surface area contributed by atoms with Crippen LogP contribution in [0.4, 0.5) is 0 Å². The van der Waals surface area contributed by atoms with Crippen molar-refractivity contribution in [2.75, 3.05) is 7.11 Å². The molecule has 94 valence electrons. The van der Waals surface area contributed by atoms with E-state index in [1.165, 1.54) is 49.9 Å². The van der Waals surface area contributed by atoms with Crippen molar-refractivity contribution in [2.45, 2.75) is 44.9 Å². The quantitative estimate of drug-likeness (QED) is 0.590. The smallest absolute Gasteiger partial charge is 0.176 e. The molecule has 0 aromatic carbocycles. The molecular formula is C14H20O2S. The van der Waals surface area contributed by atoms with Crippen molar-refractivity contribution >= 4 is 17.1 Å². The lowest BCUT2D eigenvalue weighted by molar-refractivity contribution is 0.0958. The van der Waals surface area contributed by atoms with Gasteiger partial charge < -0.3 is 4.74 Å².